The number of aryl methyl sites for hydroxylation is 2. The minimum Gasteiger partial charge on any atom is -0.496 e. The topological polar surface area (TPSA) is 102 Å². The van der Waals surface area contributed by atoms with Crippen LogP contribution in [0.2, 0.25) is 0 Å². The minimum absolute atomic E-state index is 0.0211. The number of hydrogen-bond donors (Lipinski definition) is 2. The molecule has 0 radical (unpaired) electrons. The fourth-order valence-electron chi connectivity index (χ4n) is 1.95. The van der Waals surface area contributed by atoms with E-state index in [1.807, 2.05) is 0 Å². The fraction of sp³-hybridized carbons (Fsp3) is 0.214. The van der Waals surface area contributed by atoms with Crippen molar-refractivity contribution in [3.05, 3.63) is 40.8 Å². The molecule has 0 spiro atoms. The Kier molecular flexibility index (Phi) is 3.93. The number of carbonyl (C=O) groups excluding carboxylic acids is 1. The largest absolute Gasteiger partial charge is 0.496 e. The second-order valence-electron chi connectivity index (χ2n) is 4.37. The number of aromatic nitrogens is 1. The molecule has 1 amide bonds. The Balaban J connectivity index is 2.28. The van der Waals surface area contributed by atoms with Gasteiger partial charge in [0, 0.05) is 11.8 Å². The van der Waals surface area contributed by atoms with Crippen LogP contribution in [0.25, 0.3) is 0 Å². The molecule has 0 atom stereocenters. The molecule has 0 aliphatic carbocycles. The monoisotopic (exact) mass is 290 g/mol. The fourth-order valence-corrected chi connectivity index (χ4v) is 1.95. The van der Waals surface area contributed by atoms with Crippen molar-refractivity contribution >= 4 is 17.6 Å². The maximum absolute atomic E-state index is 12.2. The summed E-state index contributed by atoms with van der Waals surface area (Å²) in [4.78, 5) is 23.2. The van der Waals surface area contributed by atoms with Gasteiger partial charge >= 0.3 is 5.97 Å². The number of methoxy groups -OCH3 is 1. The van der Waals surface area contributed by atoms with Crippen molar-refractivity contribution in [2.75, 3.05) is 12.4 Å². The molecule has 1 aromatic carbocycles. The van der Waals surface area contributed by atoms with Crippen LogP contribution in [0.4, 0.5) is 5.69 Å². The Morgan fingerprint density at radius 2 is 2.05 bits per heavy atom. The molecule has 7 nitrogen and oxygen atoms in total. The second kappa shape index (κ2) is 5.66. The van der Waals surface area contributed by atoms with Crippen LogP contribution in [-0.4, -0.2) is 29.2 Å². The smallest absolute Gasteiger partial charge is 0.339 e. The Bertz CT molecular complexity index is 686. The van der Waals surface area contributed by atoms with Gasteiger partial charge in [0.1, 0.15) is 22.6 Å². The number of anilines is 1. The Hall–Kier alpha value is -2.83. The molecule has 0 saturated heterocycles. The average Bonchev–Trinajstić information content (AvgIpc) is 2.77. The number of hydrogen-bond acceptors (Lipinski definition) is 5. The summed E-state index contributed by atoms with van der Waals surface area (Å²) >= 11 is 0. The number of rotatable bonds is 4. The number of nitrogens with one attached hydrogen (secondary N) is 1. The molecular formula is C14H14N2O5. The molecule has 21 heavy (non-hydrogen) atoms. The summed E-state index contributed by atoms with van der Waals surface area (Å²) in [5.74, 6) is -0.898. The third-order valence-electron chi connectivity index (χ3n) is 2.95. The van der Waals surface area contributed by atoms with E-state index in [0.717, 1.165) is 0 Å². The van der Waals surface area contributed by atoms with Gasteiger partial charge in [-0.25, -0.2) is 4.79 Å². The Labute approximate surface area is 120 Å². The molecule has 2 aromatic rings. The summed E-state index contributed by atoms with van der Waals surface area (Å²) in [5.41, 5.74) is 1.28. The van der Waals surface area contributed by atoms with E-state index >= 15 is 0 Å². The average molecular weight is 290 g/mol. The molecule has 0 unspecified atom stereocenters. The quantitative estimate of drug-likeness (QED) is 0.895. The van der Waals surface area contributed by atoms with Gasteiger partial charge in [-0.1, -0.05) is 5.16 Å². The highest BCUT2D eigenvalue weighted by atomic mass is 16.5. The molecule has 1 heterocycles. The molecule has 0 fully saturated rings. The van der Waals surface area contributed by atoms with Gasteiger partial charge in [-0.3, -0.25) is 4.79 Å². The van der Waals surface area contributed by atoms with Crippen molar-refractivity contribution in [3.8, 4) is 5.75 Å². The summed E-state index contributed by atoms with van der Waals surface area (Å²) in [6.07, 6.45) is 0. The maximum atomic E-state index is 12.2. The number of amides is 1. The van der Waals surface area contributed by atoms with Crippen molar-refractivity contribution < 1.29 is 24.0 Å². The zero-order chi connectivity index (χ0) is 15.6. The lowest BCUT2D eigenvalue weighted by molar-refractivity contribution is 0.0693. The van der Waals surface area contributed by atoms with Crippen LogP contribution in [0.5, 0.6) is 5.75 Å². The van der Waals surface area contributed by atoms with Gasteiger partial charge in [0.15, 0.2) is 0 Å². The van der Waals surface area contributed by atoms with Gasteiger partial charge in [-0.2, -0.15) is 0 Å². The minimum atomic E-state index is -1.10. The van der Waals surface area contributed by atoms with Gasteiger partial charge in [0.05, 0.1) is 12.8 Å². The molecule has 7 heteroatoms. The van der Waals surface area contributed by atoms with E-state index < -0.39 is 5.97 Å². The molecule has 2 N–H and O–H groups in total. The number of carboxylic acids is 1. The lowest BCUT2D eigenvalue weighted by Gasteiger charge is -2.09. The van der Waals surface area contributed by atoms with E-state index in [-0.39, 0.29) is 17.2 Å². The van der Waals surface area contributed by atoms with Crippen LogP contribution in [0.3, 0.4) is 0 Å². The molecule has 0 aliphatic rings. The normalized spacial score (nSPS) is 10.2. The van der Waals surface area contributed by atoms with Gasteiger partial charge < -0.3 is 19.7 Å². The number of benzene rings is 1. The molecule has 1 aromatic heterocycles. The first-order valence-corrected chi connectivity index (χ1v) is 6.09. The first-order valence-electron chi connectivity index (χ1n) is 6.09. The van der Waals surface area contributed by atoms with Gasteiger partial charge in [-0.05, 0) is 26.0 Å². The predicted octanol–water partition coefficient (Wildman–Crippen LogP) is 2.25. The summed E-state index contributed by atoms with van der Waals surface area (Å²) in [7, 11) is 1.36. The van der Waals surface area contributed by atoms with E-state index in [2.05, 4.69) is 10.5 Å². The Morgan fingerprint density at radius 3 is 2.57 bits per heavy atom. The molecule has 110 valence electrons. The van der Waals surface area contributed by atoms with E-state index in [1.54, 1.807) is 13.8 Å². The number of nitrogens with zero attached hydrogens (tertiary/aromatic N) is 1. The van der Waals surface area contributed by atoms with Crippen LogP contribution < -0.4 is 10.1 Å². The molecule has 0 saturated carbocycles. The van der Waals surface area contributed by atoms with E-state index in [9.17, 15) is 9.59 Å². The molecule has 2 rings (SSSR count). The zero-order valence-corrected chi connectivity index (χ0v) is 11.8. The highest BCUT2D eigenvalue weighted by molar-refractivity contribution is 6.06. The molecule has 0 aliphatic heterocycles. The molecule has 0 bridgehead atoms. The van der Waals surface area contributed by atoms with Gasteiger partial charge in [0.25, 0.3) is 5.91 Å². The van der Waals surface area contributed by atoms with Crippen molar-refractivity contribution in [3.63, 3.8) is 0 Å². The first-order chi connectivity index (χ1) is 9.93. The summed E-state index contributed by atoms with van der Waals surface area (Å²) in [6, 6.07) is 4.30. The lowest BCUT2D eigenvalue weighted by Crippen LogP contribution is -2.14. The van der Waals surface area contributed by atoms with Crippen LogP contribution >= 0.6 is 0 Å². The summed E-state index contributed by atoms with van der Waals surface area (Å²) < 4.78 is 9.94. The highest BCUT2D eigenvalue weighted by Gasteiger charge is 2.18. The highest BCUT2D eigenvalue weighted by Crippen LogP contribution is 2.24. The maximum Gasteiger partial charge on any atom is 0.339 e. The van der Waals surface area contributed by atoms with Gasteiger partial charge in [0.2, 0.25) is 0 Å². The van der Waals surface area contributed by atoms with Crippen LogP contribution in [-0.2, 0) is 0 Å². The Morgan fingerprint density at radius 1 is 1.33 bits per heavy atom. The number of aromatic carboxylic acids is 1. The lowest BCUT2D eigenvalue weighted by atomic mass is 10.1. The standard InChI is InChI=1S/C14H14N2O5/c1-7-12(8(2)21-16-7)13(17)15-9-4-5-10(14(18)19)11(6-9)20-3/h4-6H,1-3H3,(H,15,17)(H,18,19). The number of carbonyl (C=O) groups is 2. The third kappa shape index (κ3) is 2.86. The number of carboxylic acid groups (broad SMARTS) is 1. The van der Waals surface area contributed by atoms with E-state index in [4.69, 9.17) is 14.4 Å². The van der Waals surface area contributed by atoms with Crippen molar-refractivity contribution in [1.82, 2.24) is 5.16 Å². The van der Waals surface area contributed by atoms with Gasteiger partial charge in [-0.15, -0.1) is 0 Å². The third-order valence-corrected chi connectivity index (χ3v) is 2.95. The van der Waals surface area contributed by atoms with Crippen LogP contribution in [0.15, 0.2) is 22.7 Å². The van der Waals surface area contributed by atoms with Crippen LogP contribution in [0, 0.1) is 13.8 Å². The van der Waals surface area contributed by atoms with Crippen molar-refractivity contribution in [2.24, 2.45) is 0 Å². The van der Waals surface area contributed by atoms with Crippen LogP contribution in [0.1, 0.15) is 32.2 Å². The molecular weight excluding hydrogens is 276 g/mol. The number of ether oxygens (including phenoxy) is 1. The summed E-state index contributed by atoms with van der Waals surface area (Å²) in [5, 5.41) is 15.4. The second-order valence-corrected chi connectivity index (χ2v) is 4.37. The summed E-state index contributed by atoms with van der Waals surface area (Å²) in [6.45, 7) is 3.31. The SMILES string of the molecule is COc1cc(NC(=O)c2c(C)noc2C)ccc1C(=O)O. The van der Waals surface area contributed by atoms with Crippen molar-refractivity contribution in [2.45, 2.75) is 13.8 Å². The van der Waals surface area contributed by atoms with Crippen molar-refractivity contribution in [1.29, 1.82) is 0 Å². The van der Waals surface area contributed by atoms with E-state index in [1.165, 1.54) is 25.3 Å². The zero-order valence-electron chi connectivity index (χ0n) is 11.8. The van der Waals surface area contributed by atoms with E-state index in [0.29, 0.717) is 22.7 Å². The first kappa shape index (κ1) is 14.6. The predicted molar refractivity (Wildman–Crippen MR) is 73.9 cm³/mol.